The second-order valence-electron chi connectivity index (χ2n) is 11.7. The van der Waals surface area contributed by atoms with Gasteiger partial charge in [0.2, 0.25) is 17.8 Å². The molecule has 1 unspecified atom stereocenters. The number of carbonyl (C=O) groups is 3. The number of benzene rings is 2. The molecule has 4 aromatic rings. The maximum atomic E-state index is 15.2. The molecule has 0 aliphatic carbocycles. The quantitative estimate of drug-likeness (QED) is 0.214. The van der Waals surface area contributed by atoms with Gasteiger partial charge in [-0.1, -0.05) is 30.3 Å². The lowest BCUT2D eigenvalue weighted by atomic mass is 10.0. The lowest BCUT2D eigenvalue weighted by Gasteiger charge is -2.40. The number of amides is 4. The average Bonchev–Trinajstić information content (AvgIpc) is 3.61. The number of hydrogen-bond donors (Lipinski definition) is 2. The highest BCUT2D eigenvalue weighted by atomic mass is 19.1. The van der Waals surface area contributed by atoms with Crippen LogP contribution in [-0.2, 0) is 16.1 Å². The summed E-state index contributed by atoms with van der Waals surface area (Å²) >= 11 is 0. The molecule has 2 aliphatic heterocycles. The SMILES string of the molecule is CC(C)N1CC(C(=O)Nc2ccc(Oc3ccnc(Nc4ccnc(N5CCCC5)n4)c3)c(F)c2)C(=O)N(Cc2ccccc2)C1=O. The Labute approximate surface area is 271 Å². The van der Waals surface area contributed by atoms with Crippen LogP contribution in [0.4, 0.5) is 32.5 Å². The Morgan fingerprint density at radius 2 is 1.74 bits per heavy atom. The molecule has 2 aliphatic rings. The van der Waals surface area contributed by atoms with E-state index >= 15 is 4.39 Å². The molecule has 0 bridgehead atoms. The number of hydrogen-bond acceptors (Lipinski definition) is 9. The van der Waals surface area contributed by atoms with Crippen molar-refractivity contribution in [3.05, 3.63) is 90.5 Å². The van der Waals surface area contributed by atoms with Gasteiger partial charge in [0.15, 0.2) is 11.6 Å². The zero-order chi connectivity index (χ0) is 32.9. The molecule has 13 heteroatoms. The number of rotatable bonds is 10. The van der Waals surface area contributed by atoms with Crippen molar-refractivity contribution in [2.75, 3.05) is 35.2 Å². The molecule has 12 nitrogen and oxygen atoms in total. The van der Waals surface area contributed by atoms with Gasteiger partial charge in [-0.25, -0.2) is 19.2 Å². The third-order valence-corrected chi connectivity index (χ3v) is 7.99. The molecule has 0 saturated carbocycles. The van der Waals surface area contributed by atoms with E-state index in [4.69, 9.17) is 4.74 Å². The largest absolute Gasteiger partial charge is 0.454 e. The molecule has 2 saturated heterocycles. The minimum absolute atomic E-state index is 0.0388. The third-order valence-electron chi connectivity index (χ3n) is 7.99. The predicted molar refractivity (Wildman–Crippen MR) is 174 cm³/mol. The van der Waals surface area contributed by atoms with E-state index in [-0.39, 0.29) is 30.6 Å². The molecule has 4 heterocycles. The second-order valence-corrected chi connectivity index (χ2v) is 11.7. The number of urea groups is 1. The first kappa shape index (κ1) is 31.4. The molecular weight excluding hydrogens is 603 g/mol. The molecule has 6 rings (SSSR count). The van der Waals surface area contributed by atoms with Gasteiger partial charge in [-0.15, -0.1) is 0 Å². The summed E-state index contributed by atoms with van der Waals surface area (Å²) in [5.74, 6) is -1.20. The molecule has 2 aromatic carbocycles. The Kier molecular flexibility index (Phi) is 9.23. The summed E-state index contributed by atoms with van der Waals surface area (Å²) in [6, 6.07) is 17.3. The van der Waals surface area contributed by atoms with Gasteiger partial charge in [0.05, 0.1) is 6.54 Å². The number of aromatic nitrogens is 3. The van der Waals surface area contributed by atoms with Crippen LogP contribution in [0, 0.1) is 11.7 Å². The minimum Gasteiger partial charge on any atom is -0.454 e. The van der Waals surface area contributed by atoms with Crippen molar-refractivity contribution < 1.29 is 23.5 Å². The van der Waals surface area contributed by atoms with Gasteiger partial charge in [0.1, 0.15) is 23.3 Å². The standard InChI is InChI=1S/C34H35FN8O4/c1-22(2)42-21-26(32(45)43(34(42)46)20-23-8-4-3-5-9-23)31(44)38-24-10-11-28(27(35)18-24)47-25-12-14-36-30(19-25)39-29-13-15-37-33(40-29)41-16-6-7-17-41/h3-5,8-15,18-19,22,26H,6-7,16-17,20-21H2,1-2H3,(H,38,44)(H,36,37,39,40). The Balaban J connectivity index is 1.11. The van der Waals surface area contributed by atoms with Crippen molar-refractivity contribution in [1.29, 1.82) is 0 Å². The fraction of sp³-hybridized carbons (Fsp3) is 0.294. The van der Waals surface area contributed by atoms with E-state index in [1.165, 1.54) is 23.2 Å². The van der Waals surface area contributed by atoms with Crippen molar-refractivity contribution in [3.8, 4) is 11.5 Å². The molecule has 2 fully saturated rings. The van der Waals surface area contributed by atoms with E-state index < -0.39 is 29.6 Å². The van der Waals surface area contributed by atoms with E-state index in [1.807, 2.05) is 44.2 Å². The second kappa shape index (κ2) is 13.8. The summed E-state index contributed by atoms with van der Waals surface area (Å²) in [5.41, 5.74) is 0.902. The highest BCUT2D eigenvalue weighted by Gasteiger charge is 2.43. The van der Waals surface area contributed by atoms with Crippen LogP contribution in [0.15, 0.2) is 79.1 Å². The van der Waals surface area contributed by atoms with Crippen molar-refractivity contribution in [3.63, 3.8) is 0 Å². The molecule has 2 aromatic heterocycles. The van der Waals surface area contributed by atoms with Crippen molar-refractivity contribution in [1.82, 2.24) is 24.8 Å². The third kappa shape index (κ3) is 7.29. The summed E-state index contributed by atoms with van der Waals surface area (Å²) in [6.45, 7) is 5.44. The van der Waals surface area contributed by atoms with Gasteiger partial charge < -0.3 is 25.2 Å². The zero-order valence-corrected chi connectivity index (χ0v) is 26.1. The van der Waals surface area contributed by atoms with Crippen LogP contribution in [0.5, 0.6) is 11.5 Å². The van der Waals surface area contributed by atoms with E-state index in [1.54, 1.807) is 24.4 Å². The molecule has 2 N–H and O–H groups in total. The van der Waals surface area contributed by atoms with Crippen LogP contribution in [-0.4, -0.2) is 68.3 Å². The minimum atomic E-state index is -1.16. The molecule has 4 amide bonds. The van der Waals surface area contributed by atoms with Gasteiger partial charge in [-0.05, 0) is 56.5 Å². The molecule has 242 valence electrons. The first-order valence-corrected chi connectivity index (χ1v) is 15.5. The fourth-order valence-electron chi connectivity index (χ4n) is 5.51. The monoisotopic (exact) mass is 638 g/mol. The fourth-order valence-corrected chi connectivity index (χ4v) is 5.51. The number of anilines is 4. The van der Waals surface area contributed by atoms with Crippen molar-refractivity contribution in [2.45, 2.75) is 39.3 Å². The zero-order valence-electron chi connectivity index (χ0n) is 26.1. The predicted octanol–water partition coefficient (Wildman–Crippen LogP) is 5.57. The summed E-state index contributed by atoms with van der Waals surface area (Å²) in [7, 11) is 0. The van der Waals surface area contributed by atoms with Crippen LogP contribution in [0.1, 0.15) is 32.3 Å². The van der Waals surface area contributed by atoms with Gasteiger partial charge in [-0.3, -0.25) is 14.5 Å². The highest BCUT2D eigenvalue weighted by molar-refractivity contribution is 6.12. The average molecular weight is 639 g/mol. The Morgan fingerprint density at radius 1 is 0.979 bits per heavy atom. The molecule has 0 radical (unpaired) electrons. The molecule has 47 heavy (non-hydrogen) atoms. The first-order valence-electron chi connectivity index (χ1n) is 15.5. The summed E-state index contributed by atoms with van der Waals surface area (Å²) in [5, 5.41) is 5.78. The lowest BCUT2D eigenvalue weighted by Crippen LogP contribution is -2.60. The van der Waals surface area contributed by atoms with Gasteiger partial charge >= 0.3 is 6.03 Å². The van der Waals surface area contributed by atoms with Gasteiger partial charge in [0, 0.05) is 55.9 Å². The molecule has 1 atom stereocenters. The number of nitrogens with zero attached hydrogens (tertiary/aromatic N) is 6. The van der Waals surface area contributed by atoms with E-state index in [2.05, 4.69) is 30.5 Å². The number of carbonyl (C=O) groups excluding carboxylic acids is 3. The number of ether oxygens (including phenoxy) is 1. The van der Waals surface area contributed by atoms with E-state index in [0.29, 0.717) is 23.3 Å². The summed E-state index contributed by atoms with van der Waals surface area (Å²) in [4.78, 5) is 57.8. The van der Waals surface area contributed by atoms with Crippen LogP contribution in [0.3, 0.4) is 0 Å². The Bertz CT molecular complexity index is 1770. The molecule has 0 spiro atoms. The Hall–Kier alpha value is -5.59. The Morgan fingerprint density at radius 3 is 2.49 bits per heavy atom. The topological polar surface area (TPSA) is 133 Å². The summed E-state index contributed by atoms with van der Waals surface area (Å²) in [6.07, 6.45) is 5.43. The van der Waals surface area contributed by atoms with E-state index in [9.17, 15) is 14.4 Å². The first-order chi connectivity index (χ1) is 22.7. The van der Waals surface area contributed by atoms with E-state index in [0.717, 1.165) is 42.5 Å². The maximum absolute atomic E-state index is 15.2. The maximum Gasteiger partial charge on any atom is 0.327 e. The smallest absolute Gasteiger partial charge is 0.327 e. The molecular formula is C34H35FN8O4. The van der Waals surface area contributed by atoms with Crippen LogP contribution in [0.25, 0.3) is 0 Å². The van der Waals surface area contributed by atoms with Gasteiger partial charge in [-0.2, -0.15) is 4.98 Å². The normalized spacial score (nSPS) is 16.5. The van der Waals surface area contributed by atoms with Crippen LogP contribution in [0.2, 0.25) is 0 Å². The van der Waals surface area contributed by atoms with Crippen LogP contribution >= 0.6 is 0 Å². The number of nitrogens with one attached hydrogen (secondary N) is 2. The van der Waals surface area contributed by atoms with Gasteiger partial charge in [0.25, 0.3) is 0 Å². The lowest BCUT2D eigenvalue weighted by molar-refractivity contribution is -0.142. The highest BCUT2D eigenvalue weighted by Crippen LogP contribution is 2.29. The number of imide groups is 1. The van der Waals surface area contributed by atoms with Crippen molar-refractivity contribution >= 4 is 41.1 Å². The summed E-state index contributed by atoms with van der Waals surface area (Å²) < 4.78 is 21.0. The number of halogens is 1. The van der Waals surface area contributed by atoms with Crippen LogP contribution < -0.4 is 20.3 Å². The van der Waals surface area contributed by atoms with Crippen molar-refractivity contribution in [2.24, 2.45) is 5.92 Å². The number of pyridine rings is 1.